The molecule has 18 heavy (non-hydrogen) atoms. The number of aliphatic hydroxyl groups excluding tert-OH is 1. The summed E-state index contributed by atoms with van der Waals surface area (Å²) in [5.74, 6) is -1.24. The molecule has 1 rings (SSSR count). The predicted octanol–water partition coefficient (Wildman–Crippen LogP) is 0.393. The minimum absolute atomic E-state index is 0.235. The van der Waals surface area contributed by atoms with Crippen LogP contribution in [0.1, 0.15) is 6.92 Å². The first-order valence-electron chi connectivity index (χ1n) is 4.85. The average molecular weight is 278 g/mol. The molecule has 1 aromatic carbocycles. The highest BCUT2D eigenvalue weighted by molar-refractivity contribution is 7.89. The van der Waals surface area contributed by atoms with Crippen LogP contribution in [0.3, 0.4) is 0 Å². The molecule has 0 bridgehead atoms. The fourth-order valence-corrected chi connectivity index (χ4v) is 2.25. The van der Waals surface area contributed by atoms with Gasteiger partial charge in [0.25, 0.3) is 0 Å². The van der Waals surface area contributed by atoms with E-state index in [-0.39, 0.29) is 6.54 Å². The molecule has 0 spiro atoms. The molecule has 9 heteroatoms. The summed E-state index contributed by atoms with van der Waals surface area (Å²) in [6.45, 7) is 1.14. The Morgan fingerprint density at radius 1 is 1.56 bits per heavy atom. The molecule has 7 nitrogen and oxygen atoms in total. The molecule has 0 aromatic heterocycles. The van der Waals surface area contributed by atoms with Crippen LogP contribution >= 0.6 is 0 Å². The van der Waals surface area contributed by atoms with Crippen LogP contribution in [-0.2, 0) is 10.0 Å². The first-order chi connectivity index (χ1) is 8.24. The van der Waals surface area contributed by atoms with Crippen LogP contribution in [0.5, 0.6) is 0 Å². The lowest BCUT2D eigenvalue weighted by Gasteiger charge is -2.08. The van der Waals surface area contributed by atoms with Crippen molar-refractivity contribution in [3.63, 3.8) is 0 Å². The molecule has 0 radical (unpaired) electrons. The van der Waals surface area contributed by atoms with Gasteiger partial charge in [0.2, 0.25) is 15.8 Å². The minimum atomic E-state index is -3.99. The molecule has 0 saturated heterocycles. The van der Waals surface area contributed by atoms with Gasteiger partial charge in [0.15, 0.2) is 0 Å². The second-order valence-electron chi connectivity index (χ2n) is 3.57. The summed E-state index contributed by atoms with van der Waals surface area (Å²) in [5.41, 5.74) is -0.801. The van der Waals surface area contributed by atoms with E-state index < -0.39 is 37.5 Å². The highest BCUT2D eigenvalue weighted by atomic mass is 32.2. The maximum Gasteiger partial charge on any atom is 0.304 e. The van der Waals surface area contributed by atoms with Crippen molar-refractivity contribution in [2.24, 2.45) is 0 Å². The summed E-state index contributed by atoms with van der Waals surface area (Å²) in [7, 11) is -3.99. The molecule has 2 N–H and O–H groups in total. The van der Waals surface area contributed by atoms with E-state index in [2.05, 4.69) is 0 Å². The van der Waals surface area contributed by atoms with Gasteiger partial charge in [0.05, 0.1) is 15.9 Å². The zero-order valence-corrected chi connectivity index (χ0v) is 10.1. The van der Waals surface area contributed by atoms with Gasteiger partial charge in [-0.2, -0.15) is 4.39 Å². The van der Waals surface area contributed by atoms with E-state index in [1.807, 2.05) is 4.72 Å². The standard InChI is InChI=1S/C9H11FN2O5S/c1-6(13)5-11-18(16,17)7-2-3-9(12(14)15)8(10)4-7/h2-4,6,11,13H,5H2,1H3. The Labute approximate surface area is 102 Å². The number of aliphatic hydroxyl groups is 1. The number of hydrogen-bond acceptors (Lipinski definition) is 5. The van der Waals surface area contributed by atoms with Gasteiger partial charge >= 0.3 is 5.69 Å². The van der Waals surface area contributed by atoms with Crippen LogP contribution in [0.15, 0.2) is 23.1 Å². The molecule has 100 valence electrons. The van der Waals surface area contributed by atoms with Crippen molar-refractivity contribution in [2.45, 2.75) is 17.9 Å². The summed E-state index contributed by atoms with van der Waals surface area (Å²) in [5, 5.41) is 19.3. The summed E-state index contributed by atoms with van der Waals surface area (Å²) in [4.78, 5) is 8.98. The average Bonchev–Trinajstić information content (AvgIpc) is 2.26. The largest absolute Gasteiger partial charge is 0.392 e. The van der Waals surface area contributed by atoms with E-state index in [1.165, 1.54) is 6.92 Å². The van der Waals surface area contributed by atoms with Crippen LogP contribution < -0.4 is 4.72 Å². The number of sulfonamides is 1. The SMILES string of the molecule is CC(O)CNS(=O)(=O)c1ccc([N+](=O)[O-])c(F)c1. The van der Waals surface area contributed by atoms with Crippen LogP contribution in [0.4, 0.5) is 10.1 Å². The molecule has 0 amide bonds. The summed E-state index contributed by atoms with van der Waals surface area (Å²) in [6.07, 6.45) is -0.900. The van der Waals surface area contributed by atoms with E-state index in [4.69, 9.17) is 5.11 Å². The van der Waals surface area contributed by atoms with Gasteiger partial charge in [-0.05, 0) is 13.0 Å². The lowest BCUT2D eigenvalue weighted by Crippen LogP contribution is -2.30. The monoisotopic (exact) mass is 278 g/mol. The molecule has 0 aliphatic rings. The molecular formula is C9H11FN2O5S. The van der Waals surface area contributed by atoms with Crippen molar-refractivity contribution in [1.82, 2.24) is 4.72 Å². The molecule has 1 atom stereocenters. The first kappa shape index (κ1) is 14.5. The van der Waals surface area contributed by atoms with Gasteiger partial charge in [-0.25, -0.2) is 13.1 Å². The Morgan fingerprint density at radius 3 is 2.61 bits per heavy atom. The number of nitro groups is 1. The molecule has 0 aliphatic heterocycles. The van der Waals surface area contributed by atoms with Crippen LogP contribution in [0.2, 0.25) is 0 Å². The zero-order valence-electron chi connectivity index (χ0n) is 9.33. The molecule has 0 fully saturated rings. The van der Waals surface area contributed by atoms with Gasteiger partial charge in [0, 0.05) is 18.7 Å². The van der Waals surface area contributed by atoms with E-state index >= 15 is 0 Å². The first-order valence-corrected chi connectivity index (χ1v) is 6.34. The second kappa shape index (κ2) is 5.38. The van der Waals surface area contributed by atoms with Gasteiger partial charge in [-0.15, -0.1) is 0 Å². The van der Waals surface area contributed by atoms with E-state index in [0.29, 0.717) is 6.07 Å². The van der Waals surface area contributed by atoms with Crippen molar-refractivity contribution in [3.8, 4) is 0 Å². The van der Waals surface area contributed by atoms with Crippen molar-refractivity contribution >= 4 is 15.7 Å². The Hall–Kier alpha value is -1.58. The normalized spacial score (nSPS) is 13.3. The number of nitrogens with zero attached hydrogens (tertiary/aromatic N) is 1. The number of benzene rings is 1. The Bertz CT molecular complexity index is 558. The molecule has 1 unspecified atom stereocenters. The topological polar surface area (TPSA) is 110 Å². The van der Waals surface area contributed by atoms with Crippen molar-refractivity contribution in [3.05, 3.63) is 34.1 Å². The maximum atomic E-state index is 13.2. The van der Waals surface area contributed by atoms with Gasteiger partial charge in [-0.3, -0.25) is 10.1 Å². The van der Waals surface area contributed by atoms with Crippen molar-refractivity contribution in [2.75, 3.05) is 6.54 Å². The number of halogens is 1. The molecule has 0 saturated carbocycles. The van der Waals surface area contributed by atoms with Crippen LogP contribution in [0, 0.1) is 15.9 Å². The summed E-state index contributed by atoms with van der Waals surface area (Å²) < 4.78 is 38.5. The molecule has 1 aromatic rings. The molecule has 0 heterocycles. The third-order valence-electron chi connectivity index (χ3n) is 1.99. The number of nitrogens with one attached hydrogen (secondary N) is 1. The third-order valence-corrected chi connectivity index (χ3v) is 3.42. The smallest absolute Gasteiger partial charge is 0.304 e. The highest BCUT2D eigenvalue weighted by Gasteiger charge is 2.20. The lowest BCUT2D eigenvalue weighted by molar-refractivity contribution is -0.387. The zero-order chi connectivity index (χ0) is 13.9. The van der Waals surface area contributed by atoms with Crippen molar-refractivity contribution < 1.29 is 22.8 Å². The Morgan fingerprint density at radius 2 is 2.17 bits per heavy atom. The molecular weight excluding hydrogens is 267 g/mol. The number of hydrogen-bond donors (Lipinski definition) is 2. The Balaban J connectivity index is 3.04. The molecule has 0 aliphatic carbocycles. The number of rotatable bonds is 5. The van der Waals surface area contributed by atoms with E-state index in [9.17, 15) is 22.9 Å². The van der Waals surface area contributed by atoms with Crippen LogP contribution in [0.25, 0.3) is 0 Å². The van der Waals surface area contributed by atoms with Gasteiger partial charge < -0.3 is 5.11 Å². The summed E-state index contributed by atoms with van der Waals surface area (Å²) >= 11 is 0. The second-order valence-corrected chi connectivity index (χ2v) is 5.34. The summed E-state index contributed by atoms with van der Waals surface area (Å²) in [6, 6.07) is 2.25. The predicted molar refractivity (Wildman–Crippen MR) is 59.9 cm³/mol. The van der Waals surface area contributed by atoms with Crippen LogP contribution in [-0.4, -0.2) is 31.1 Å². The van der Waals surface area contributed by atoms with Gasteiger partial charge in [0.1, 0.15) is 0 Å². The Kier molecular flexibility index (Phi) is 4.33. The minimum Gasteiger partial charge on any atom is -0.392 e. The fraction of sp³-hybridized carbons (Fsp3) is 0.333. The quantitative estimate of drug-likeness (QED) is 0.598. The third kappa shape index (κ3) is 3.45. The van der Waals surface area contributed by atoms with Crippen molar-refractivity contribution in [1.29, 1.82) is 0 Å². The van der Waals surface area contributed by atoms with E-state index in [1.54, 1.807) is 0 Å². The maximum absolute atomic E-state index is 13.2. The van der Waals surface area contributed by atoms with Gasteiger partial charge in [-0.1, -0.05) is 0 Å². The lowest BCUT2D eigenvalue weighted by atomic mass is 10.3. The highest BCUT2D eigenvalue weighted by Crippen LogP contribution is 2.20. The number of nitro benzene ring substituents is 1. The fourth-order valence-electron chi connectivity index (χ4n) is 1.12. The van der Waals surface area contributed by atoms with E-state index in [0.717, 1.165) is 12.1 Å².